The van der Waals surface area contributed by atoms with Crippen molar-refractivity contribution in [2.75, 3.05) is 6.61 Å². The first kappa shape index (κ1) is 20.5. The molecule has 1 fully saturated rings. The molecule has 4 aromatic rings. The molecule has 0 N–H and O–H groups in total. The van der Waals surface area contributed by atoms with E-state index in [1.165, 1.54) is 4.57 Å². The van der Waals surface area contributed by atoms with Gasteiger partial charge in [-0.15, -0.1) is 0 Å². The Labute approximate surface area is 185 Å². The summed E-state index contributed by atoms with van der Waals surface area (Å²) in [7, 11) is 0. The topological polar surface area (TPSA) is 71.1 Å². The lowest BCUT2D eigenvalue weighted by atomic mass is 10.1. The number of aryl methyl sites for hydroxylation is 1. The zero-order valence-corrected chi connectivity index (χ0v) is 18.3. The number of imidazole rings is 1. The van der Waals surface area contributed by atoms with Crippen LogP contribution in [0.4, 0.5) is 0 Å². The number of hydrogen-bond acceptors (Lipinski definition) is 4. The molecule has 164 valence electrons. The third-order valence-corrected chi connectivity index (χ3v) is 6.32. The number of nitrogens with zero attached hydrogens (tertiary/aromatic N) is 4. The summed E-state index contributed by atoms with van der Waals surface area (Å²) in [4.78, 5) is 31.8. The zero-order valence-electron chi connectivity index (χ0n) is 18.3. The average molecular weight is 431 g/mol. The van der Waals surface area contributed by atoms with Gasteiger partial charge < -0.3 is 9.30 Å². The van der Waals surface area contributed by atoms with Gasteiger partial charge in [-0.3, -0.25) is 9.36 Å². The molecule has 2 aromatic carbocycles. The number of fused-ring (bicyclic) bond motifs is 1. The van der Waals surface area contributed by atoms with Crippen molar-refractivity contribution in [3.8, 4) is 5.69 Å². The lowest BCUT2D eigenvalue weighted by Gasteiger charge is -2.18. The van der Waals surface area contributed by atoms with Gasteiger partial charge in [-0.2, -0.15) is 0 Å². The predicted octanol–water partition coefficient (Wildman–Crippen LogP) is 3.45. The zero-order chi connectivity index (χ0) is 22.2. The first-order chi connectivity index (χ1) is 15.6. The molecule has 1 aliphatic heterocycles. The normalized spacial score (nSPS) is 17.1. The average Bonchev–Trinajstić information content (AvgIpc) is 3.48. The lowest BCUT2D eigenvalue weighted by molar-refractivity contribution is 0.0950. The Balaban J connectivity index is 1.79. The van der Waals surface area contributed by atoms with E-state index in [1.807, 2.05) is 73.0 Å². The van der Waals surface area contributed by atoms with Gasteiger partial charge in [0.05, 0.1) is 30.7 Å². The van der Waals surface area contributed by atoms with Crippen molar-refractivity contribution in [1.82, 2.24) is 18.7 Å². The van der Waals surface area contributed by atoms with E-state index < -0.39 is 0 Å². The van der Waals surface area contributed by atoms with E-state index in [0.29, 0.717) is 17.8 Å². The molecule has 1 saturated heterocycles. The minimum Gasteiger partial charge on any atom is -0.376 e. The van der Waals surface area contributed by atoms with Crippen LogP contribution in [0.1, 0.15) is 36.9 Å². The molecule has 2 atom stereocenters. The predicted molar refractivity (Wildman–Crippen MR) is 124 cm³/mol. The molecular weight excluding hydrogens is 404 g/mol. The minimum atomic E-state index is -0.384. The third-order valence-electron chi connectivity index (χ3n) is 6.32. The summed E-state index contributed by atoms with van der Waals surface area (Å²) in [6.07, 6.45) is 3.31. The Morgan fingerprint density at radius 1 is 1.09 bits per heavy atom. The molecular formula is C25H26N4O3. The molecule has 32 heavy (non-hydrogen) atoms. The Morgan fingerprint density at radius 2 is 1.84 bits per heavy atom. The monoisotopic (exact) mass is 430 g/mol. The van der Waals surface area contributed by atoms with Crippen LogP contribution in [-0.2, 0) is 11.3 Å². The van der Waals surface area contributed by atoms with Gasteiger partial charge in [0.2, 0.25) is 0 Å². The SMILES string of the molecule is Cc1ccccc1-n1c(=O)n(CC2CCCO2)c(=O)c2c1ncn2C(C)c1ccccc1. The van der Waals surface area contributed by atoms with Gasteiger partial charge in [0, 0.05) is 6.61 Å². The van der Waals surface area contributed by atoms with Gasteiger partial charge >= 0.3 is 5.69 Å². The lowest BCUT2D eigenvalue weighted by Crippen LogP contribution is -2.42. The maximum absolute atomic E-state index is 13.7. The summed E-state index contributed by atoms with van der Waals surface area (Å²) >= 11 is 0. The van der Waals surface area contributed by atoms with Crippen molar-refractivity contribution in [3.63, 3.8) is 0 Å². The first-order valence-corrected chi connectivity index (χ1v) is 11.0. The van der Waals surface area contributed by atoms with Crippen LogP contribution in [0.2, 0.25) is 0 Å². The number of benzene rings is 2. The summed E-state index contributed by atoms with van der Waals surface area (Å²) in [5, 5.41) is 0. The minimum absolute atomic E-state index is 0.118. The molecule has 5 rings (SSSR count). The van der Waals surface area contributed by atoms with Crippen LogP contribution in [0, 0.1) is 6.92 Å². The second kappa shape index (κ2) is 8.24. The van der Waals surface area contributed by atoms with Crippen LogP contribution in [0.5, 0.6) is 0 Å². The Bertz CT molecular complexity index is 1380. The van der Waals surface area contributed by atoms with Crippen LogP contribution in [0.15, 0.2) is 70.5 Å². The van der Waals surface area contributed by atoms with Gasteiger partial charge in [-0.25, -0.2) is 14.3 Å². The fourth-order valence-electron chi connectivity index (χ4n) is 4.52. The van der Waals surface area contributed by atoms with E-state index in [1.54, 1.807) is 10.9 Å². The van der Waals surface area contributed by atoms with E-state index in [2.05, 4.69) is 4.98 Å². The fourth-order valence-corrected chi connectivity index (χ4v) is 4.52. The largest absolute Gasteiger partial charge is 0.376 e. The molecule has 7 nitrogen and oxygen atoms in total. The highest BCUT2D eigenvalue weighted by atomic mass is 16.5. The van der Waals surface area contributed by atoms with Gasteiger partial charge in [0.15, 0.2) is 11.2 Å². The standard InChI is InChI=1S/C25H26N4O3/c1-17-9-6-7-13-21(17)29-23-22(24(30)27(25(29)31)15-20-12-8-14-32-20)28(16-26-23)18(2)19-10-4-3-5-11-19/h3-7,9-11,13,16,18,20H,8,12,14-15H2,1-2H3. The molecule has 2 aromatic heterocycles. The van der Waals surface area contributed by atoms with Gasteiger partial charge in [0.25, 0.3) is 5.56 Å². The van der Waals surface area contributed by atoms with Crippen LogP contribution in [-0.4, -0.2) is 31.4 Å². The van der Waals surface area contributed by atoms with Crippen LogP contribution >= 0.6 is 0 Å². The van der Waals surface area contributed by atoms with Gasteiger partial charge in [-0.1, -0.05) is 48.5 Å². The summed E-state index contributed by atoms with van der Waals surface area (Å²) in [5.74, 6) is 0. The Kier molecular flexibility index (Phi) is 5.27. The third kappa shape index (κ3) is 3.39. The van der Waals surface area contributed by atoms with E-state index in [4.69, 9.17) is 4.74 Å². The summed E-state index contributed by atoms with van der Waals surface area (Å²) in [6, 6.07) is 17.5. The van der Waals surface area contributed by atoms with Crippen molar-refractivity contribution in [2.45, 2.75) is 45.4 Å². The highest BCUT2D eigenvalue weighted by Crippen LogP contribution is 2.23. The molecule has 7 heteroatoms. The van der Waals surface area contributed by atoms with Crippen molar-refractivity contribution in [2.24, 2.45) is 0 Å². The quantitative estimate of drug-likeness (QED) is 0.486. The van der Waals surface area contributed by atoms with E-state index in [0.717, 1.165) is 29.7 Å². The molecule has 0 amide bonds. The molecule has 2 unspecified atom stereocenters. The molecule has 1 aliphatic rings. The maximum atomic E-state index is 13.7. The summed E-state index contributed by atoms with van der Waals surface area (Å²) in [5.41, 5.74) is 2.80. The van der Waals surface area contributed by atoms with E-state index >= 15 is 0 Å². The summed E-state index contributed by atoms with van der Waals surface area (Å²) in [6.45, 7) is 4.89. The molecule has 0 radical (unpaired) electrons. The van der Waals surface area contributed by atoms with Gasteiger partial charge in [-0.05, 0) is 43.9 Å². The number of aromatic nitrogens is 4. The van der Waals surface area contributed by atoms with Crippen LogP contribution < -0.4 is 11.2 Å². The molecule has 3 heterocycles. The van der Waals surface area contributed by atoms with Crippen molar-refractivity contribution >= 4 is 11.2 Å². The fraction of sp³-hybridized carbons (Fsp3) is 0.320. The van der Waals surface area contributed by atoms with E-state index in [9.17, 15) is 9.59 Å². The van der Waals surface area contributed by atoms with Crippen LogP contribution in [0.25, 0.3) is 16.9 Å². The van der Waals surface area contributed by atoms with Crippen molar-refractivity contribution in [1.29, 1.82) is 0 Å². The molecule has 0 spiro atoms. The highest BCUT2D eigenvalue weighted by Gasteiger charge is 2.25. The Morgan fingerprint density at radius 3 is 2.56 bits per heavy atom. The second-order valence-corrected chi connectivity index (χ2v) is 8.37. The van der Waals surface area contributed by atoms with Crippen molar-refractivity contribution in [3.05, 3.63) is 92.9 Å². The molecule has 0 saturated carbocycles. The second-order valence-electron chi connectivity index (χ2n) is 8.37. The highest BCUT2D eigenvalue weighted by molar-refractivity contribution is 5.73. The first-order valence-electron chi connectivity index (χ1n) is 11.0. The smallest absolute Gasteiger partial charge is 0.337 e. The summed E-state index contributed by atoms with van der Waals surface area (Å²) < 4.78 is 10.5. The number of hydrogen-bond donors (Lipinski definition) is 0. The maximum Gasteiger partial charge on any atom is 0.337 e. The molecule has 0 bridgehead atoms. The molecule has 0 aliphatic carbocycles. The van der Waals surface area contributed by atoms with Crippen LogP contribution in [0.3, 0.4) is 0 Å². The number of para-hydroxylation sites is 1. The Hall–Kier alpha value is -3.45. The van der Waals surface area contributed by atoms with Gasteiger partial charge in [0.1, 0.15) is 0 Å². The van der Waals surface area contributed by atoms with E-state index in [-0.39, 0.29) is 29.9 Å². The number of ether oxygens (including phenoxy) is 1. The van der Waals surface area contributed by atoms with Crippen molar-refractivity contribution < 1.29 is 4.74 Å². The number of rotatable bonds is 5.